The summed E-state index contributed by atoms with van der Waals surface area (Å²) in [5.74, 6) is 1.77. The van der Waals surface area contributed by atoms with Gasteiger partial charge < -0.3 is 20.5 Å². The summed E-state index contributed by atoms with van der Waals surface area (Å²) in [7, 11) is 3.36. The molecule has 0 aliphatic heterocycles. The van der Waals surface area contributed by atoms with E-state index in [0.717, 1.165) is 43.0 Å². The van der Waals surface area contributed by atoms with Crippen molar-refractivity contribution in [2.45, 2.75) is 25.8 Å². The third-order valence-electron chi connectivity index (χ3n) is 2.84. The largest absolute Gasteiger partial charge is 0.497 e. The molecule has 0 heterocycles. The van der Waals surface area contributed by atoms with E-state index in [1.807, 2.05) is 25.1 Å². The van der Waals surface area contributed by atoms with E-state index in [1.165, 1.54) is 0 Å². The second kappa shape index (κ2) is 7.95. The first-order chi connectivity index (χ1) is 8.67. The number of hydrogen-bond donors (Lipinski definition) is 2. The zero-order chi connectivity index (χ0) is 13.4. The number of nitrogens with one attached hydrogen (secondary N) is 1. The maximum Gasteiger partial charge on any atom is 0.122 e. The van der Waals surface area contributed by atoms with Crippen molar-refractivity contribution in [3.8, 4) is 11.5 Å². The minimum atomic E-state index is 0.254. The van der Waals surface area contributed by atoms with Crippen molar-refractivity contribution in [1.29, 1.82) is 0 Å². The van der Waals surface area contributed by atoms with Crippen molar-refractivity contribution in [2.75, 3.05) is 27.3 Å². The first-order valence-electron chi connectivity index (χ1n) is 6.34. The summed E-state index contributed by atoms with van der Waals surface area (Å²) in [6.07, 6.45) is 1.91. The van der Waals surface area contributed by atoms with Crippen LogP contribution in [-0.2, 0) is 6.42 Å². The molecule has 102 valence electrons. The number of ether oxygens (including phenoxy) is 2. The Bertz CT molecular complexity index is 354. The fourth-order valence-corrected chi connectivity index (χ4v) is 1.76. The van der Waals surface area contributed by atoms with Crippen molar-refractivity contribution in [3.05, 3.63) is 23.8 Å². The lowest BCUT2D eigenvalue weighted by atomic mass is 10.1. The average molecular weight is 252 g/mol. The summed E-state index contributed by atoms with van der Waals surface area (Å²) in [6.45, 7) is 3.88. The molecule has 1 rings (SSSR count). The highest BCUT2D eigenvalue weighted by Crippen LogP contribution is 2.23. The Hall–Kier alpha value is -1.26. The summed E-state index contributed by atoms with van der Waals surface area (Å²) < 4.78 is 10.6. The Balaban J connectivity index is 2.44. The van der Waals surface area contributed by atoms with Gasteiger partial charge in [-0.1, -0.05) is 0 Å². The maximum absolute atomic E-state index is 5.69. The van der Waals surface area contributed by atoms with Crippen molar-refractivity contribution in [1.82, 2.24) is 5.32 Å². The van der Waals surface area contributed by atoms with Crippen LogP contribution in [0.1, 0.15) is 18.9 Å². The van der Waals surface area contributed by atoms with E-state index in [2.05, 4.69) is 5.32 Å². The van der Waals surface area contributed by atoms with Gasteiger partial charge in [0.1, 0.15) is 11.5 Å². The van der Waals surface area contributed by atoms with Crippen LogP contribution in [0.15, 0.2) is 18.2 Å². The highest BCUT2D eigenvalue weighted by molar-refractivity contribution is 5.40. The molecule has 0 bridgehead atoms. The highest BCUT2D eigenvalue weighted by atomic mass is 16.5. The maximum atomic E-state index is 5.69. The van der Waals surface area contributed by atoms with E-state index in [1.54, 1.807) is 14.2 Å². The van der Waals surface area contributed by atoms with Crippen molar-refractivity contribution in [3.63, 3.8) is 0 Å². The van der Waals surface area contributed by atoms with Crippen LogP contribution in [0.4, 0.5) is 0 Å². The average Bonchev–Trinajstić information content (AvgIpc) is 2.37. The smallest absolute Gasteiger partial charge is 0.122 e. The van der Waals surface area contributed by atoms with Gasteiger partial charge in [0.05, 0.1) is 14.2 Å². The fraction of sp³-hybridized carbons (Fsp3) is 0.571. The number of rotatable bonds is 8. The van der Waals surface area contributed by atoms with Gasteiger partial charge in [0.25, 0.3) is 0 Å². The standard InChI is InChI=1S/C14H24N2O2/c1-11(15)6-8-16-9-7-12-10-13(17-2)4-5-14(12)18-3/h4-5,10-11,16H,6-9,15H2,1-3H3. The topological polar surface area (TPSA) is 56.5 Å². The minimum Gasteiger partial charge on any atom is -0.497 e. The molecular weight excluding hydrogens is 228 g/mol. The number of methoxy groups -OCH3 is 2. The lowest BCUT2D eigenvalue weighted by molar-refractivity contribution is 0.398. The Kier molecular flexibility index (Phi) is 6.54. The van der Waals surface area contributed by atoms with Gasteiger partial charge in [-0.3, -0.25) is 0 Å². The second-order valence-electron chi connectivity index (χ2n) is 4.44. The number of benzene rings is 1. The van der Waals surface area contributed by atoms with Crippen molar-refractivity contribution in [2.24, 2.45) is 5.73 Å². The van der Waals surface area contributed by atoms with E-state index in [0.29, 0.717) is 0 Å². The number of nitrogens with two attached hydrogens (primary N) is 1. The van der Waals surface area contributed by atoms with Gasteiger partial charge in [-0.05, 0) is 56.6 Å². The molecule has 0 aromatic heterocycles. The van der Waals surface area contributed by atoms with Crippen LogP contribution in [0.5, 0.6) is 11.5 Å². The van der Waals surface area contributed by atoms with Crippen molar-refractivity contribution >= 4 is 0 Å². The van der Waals surface area contributed by atoms with E-state index in [4.69, 9.17) is 15.2 Å². The van der Waals surface area contributed by atoms with Gasteiger partial charge in [0.15, 0.2) is 0 Å². The van der Waals surface area contributed by atoms with Gasteiger partial charge in [-0.25, -0.2) is 0 Å². The first kappa shape index (κ1) is 14.8. The predicted octanol–water partition coefficient (Wildman–Crippen LogP) is 1.57. The highest BCUT2D eigenvalue weighted by Gasteiger charge is 2.04. The Morgan fingerprint density at radius 3 is 2.61 bits per heavy atom. The second-order valence-corrected chi connectivity index (χ2v) is 4.44. The van der Waals surface area contributed by atoms with Crippen molar-refractivity contribution < 1.29 is 9.47 Å². The molecule has 3 N–H and O–H groups in total. The van der Waals surface area contributed by atoms with E-state index in [9.17, 15) is 0 Å². The summed E-state index contributed by atoms with van der Waals surface area (Å²) in [6, 6.07) is 6.12. The van der Waals surface area contributed by atoms with Crippen LogP contribution < -0.4 is 20.5 Å². The Morgan fingerprint density at radius 1 is 1.22 bits per heavy atom. The zero-order valence-corrected chi connectivity index (χ0v) is 11.5. The van der Waals surface area contributed by atoms with E-state index >= 15 is 0 Å². The molecule has 0 spiro atoms. The summed E-state index contributed by atoms with van der Waals surface area (Å²) >= 11 is 0. The normalized spacial score (nSPS) is 12.2. The molecule has 4 nitrogen and oxygen atoms in total. The lowest BCUT2D eigenvalue weighted by Gasteiger charge is -2.11. The molecule has 0 saturated heterocycles. The van der Waals surface area contributed by atoms with Crippen LogP contribution >= 0.6 is 0 Å². The third kappa shape index (κ3) is 4.94. The van der Waals surface area contributed by atoms with Crippen LogP contribution in [0, 0.1) is 0 Å². The molecule has 1 aromatic carbocycles. The quantitative estimate of drug-likeness (QED) is 0.690. The molecule has 4 heteroatoms. The molecule has 1 atom stereocenters. The summed E-state index contributed by atoms with van der Waals surface area (Å²) in [4.78, 5) is 0. The van der Waals surface area contributed by atoms with E-state index in [-0.39, 0.29) is 6.04 Å². The summed E-state index contributed by atoms with van der Waals surface area (Å²) in [5.41, 5.74) is 6.85. The van der Waals surface area contributed by atoms with E-state index < -0.39 is 0 Å². The minimum absolute atomic E-state index is 0.254. The Morgan fingerprint density at radius 2 is 2.00 bits per heavy atom. The summed E-state index contributed by atoms with van der Waals surface area (Å²) in [5, 5.41) is 3.38. The molecule has 0 saturated carbocycles. The van der Waals surface area contributed by atoms with Gasteiger partial charge >= 0.3 is 0 Å². The Labute approximate surface area is 109 Å². The molecule has 0 fully saturated rings. The third-order valence-corrected chi connectivity index (χ3v) is 2.84. The van der Waals surface area contributed by atoms with Gasteiger partial charge in [-0.2, -0.15) is 0 Å². The molecule has 0 amide bonds. The zero-order valence-electron chi connectivity index (χ0n) is 11.5. The number of hydrogen-bond acceptors (Lipinski definition) is 4. The monoisotopic (exact) mass is 252 g/mol. The SMILES string of the molecule is COc1ccc(OC)c(CCNCCC(C)N)c1. The van der Waals surface area contributed by atoms with Crippen LogP contribution in [0.25, 0.3) is 0 Å². The van der Waals surface area contributed by atoms with Crippen LogP contribution in [0.3, 0.4) is 0 Å². The van der Waals surface area contributed by atoms with Crippen LogP contribution in [-0.4, -0.2) is 33.4 Å². The lowest BCUT2D eigenvalue weighted by Crippen LogP contribution is -2.25. The van der Waals surface area contributed by atoms with Crippen LogP contribution in [0.2, 0.25) is 0 Å². The molecule has 1 aromatic rings. The molecule has 1 unspecified atom stereocenters. The van der Waals surface area contributed by atoms with Gasteiger partial charge in [-0.15, -0.1) is 0 Å². The molecule has 0 aliphatic rings. The predicted molar refractivity (Wildman–Crippen MR) is 74.4 cm³/mol. The molecular formula is C14H24N2O2. The fourth-order valence-electron chi connectivity index (χ4n) is 1.76. The molecule has 18 heavy (non-hydrogen) atoms. The molecule has 0 aliphatic carbocycles. The van der Waals surface area contributed by atoms with Gasteiger partial charge in [0, 0.05) is 6.04 Å². The first-order valence-corrected chi connectivity index (χ1v) is 6.34. The molecule has 0 radical (unpaired) electrons. The van der Waals surface area contributed by atoms with Gasteiger partial charge in [0.2, 0.25) is 0 Å².